The Morgan fingerprint density at radius 2 is 2.06 bits per heavy atom. The van der Waals surface area contributed by atoms with Crippen LogP contribution in [0.2, 0.25) is 0 Å². The zero-order valence-corrected chi connectivity index (χ0v) is 11.1. The largest absolute Gasteiger partial charge is 0.508 e. The first-order valence-corrected chi connectivity index (χ1v) is 6.56. The molecule has 0 spiro atoms. The number of phenolic OH excluding ortho intramolecular Hbond substituents is 1. The van der Waals surface area contributed by atoms with Crippen LogP contribution in [0.25, 0.3) is 0 Å². The number of unbranched alkanes of at least 4 members (excludes halogenated alkanes) is 2. The summed E-state index contributed by atoms with van der Waals surface area (Å²) < 4.78 is 0. The molecule has 1 aromatic carbocycles. The van der Waals surface area contributed by atoms with Crippen LogP contribution in [-0.2, 0) is 11.2 Å². The van der Waals surface area contributed by atoms with Crippen LogP contribution >= 0.6 is 0 Å². The summed E-state index contributed by atoms with van der Waals surface area (Å²) in [6.07, 6.45) is 4.42. The lowest BCUT2D eigenvalue weighted by molar-refractivity contribution is -0.142. The van der Waals surface area contributed by atoms with Crippen molar-refractivity contribution < 1.29 is 15.0 Å². The quantitative estimate of drug-likeness (QED) is 0.728. The van der Waals surface area contributed by atoms with Crippen molar-refractivity contribution in [2.45, 2.75) is 46.0 Å². The van der Waals surface area contributed by atoms with Crippen molar-refractivity contribution in [1.29, 1.82) is 0 Å². The minimum absolute atomic E-state index is 0.231. The van der Waals surface area contributed by atoms with Gasteiger partial charge in [0.05, 0.1) is 5.92 Å². The number of aryl methyl sites for hydroxylation is 1. The molecule has 3 heteroatoms. The lowest BCUT2D eigenvalue weighted by atomic mass is 9.92. The SMILES string of the molecule is CCCCCC(Cc1ccc(O)cc1C)C(=O)O. The number of carbonyl (C=O) groups is 1. The molecule has 0 fully saturated rings. The number of aromatic hydroxyl groups is 1. The molecule has 1 rings (SSSR count). The fourth-order valence-corrected chi connectivity index (χ4v) is 2.13. The van der Waals surface area contributed by atoms with Crippen molar-refractivity contribution in [2.24, 2.45) is 5.92 Å². The van der Waals surface area contributed by atoms with Crippen LogP contribution in [0.5, 0.6) is 5.75 Å². The molecule has 0 aliphatic carbocycles. The van der Waals surface area contributed by atoms with Crippen LogP contribution in [0.3, 0.4) is 0 Å². The molecule has 0 saturated heterocycles. The Balaban J connectivity index is 2.67. The summed E-state index contributed by atoms with van der Waals surface area (Å²) in [7, 11) is 0. The van der Waals surface area contributed by atoms with E-state index in [4.69, 9.17) is 0 Å². The summed E-state index contributed by atoms with van der Waals surface area (Å²) in [5, 5.41) is 18.6. The van der Waals surface area contributed by atoms with Gasteiger partial charge in [0.25, 0.3) is 0 Å². The third kappa shape index (κ3) is 4.40. The van der Waals surface area contributed by atoms with Crippen LogP contribution in [0.4, 0.5) is 0 Å². The molecule has 1 unspecified atom stereocenters. The van der Waals surface area contributed by atoms with E-state index in [1.807, 2.05) is 13.0 Å². The molecule has 0 aliphatic heterocycles. The first-order valence-electron chi connectivity index (χ1n) is 6.56. The van der Waals surface area contributed by atoms with E-state index in [-0.39, 0.29) is 11.7 Å². The number of carboxylic acids is 1. The summed E-state index contributed by atoms with van der Waals surface area (Å²) in [4.78, 5) is 11.2. The summed E-state index contributed by atoms with van der Waals surface area (Å²) >= 11 is 0. The standard InChI is InChI=1S/C15H22O3/c1-3-4-5-6-13(15(17)18)10-12-7-8-14(16)9-11(12)2/h7-9,13,16H,3-6,10H2,1-2H3,(H,17,18). The highest BCUT2D eigenvalue weighted by Gasteiger charge is 2.18. The van der Waals surface area contributed by atoms with Gasteiger partial charge in [-0.3, -0.25) is 4.79 Å². The van der Waals surface area contributed by atoms with E-state index >= 15 is 0 Å². The molecule has 0 aliphatic rings. The van der Waals surface area contributed by atoms with Crippen molar-refractivity contribution in [3.63, 3.8) is 0 Å². The molecule has 0 radical (unpaired) electrons. The van der Waals surface area contributed by atoms with E-state index in [1.54, 1.807) is 12.1 Å². The first-order chi connectivity index (χ1) is 8.54. The second kappa shape index (κ2) is 7.04. The van der Waals surface area contributed by atoms with Crippen molar-refractivity contribution >= 4 is 5.97 Å². The van der Waals surface area contributed by atoms with Crippen LogP contribution in [0.15, 0.2) is 18.2 Å². The highest BCUT2D eigenvalue weighted by atomic mass is 16.4. The van der Waals surface area contributed by atoms with E-state index in [1.165, 1.54) is 0 Å². The Morgan fingerprint density at radius 1 is 1.33 bits per heavy atom. The fourth-order valence-electron chi connectivity index (χ4n) is 2.13. The number of hydrogen-bond donors (Lipinski definition) is 2. The van der Waals surface area contributed by atoms with Gasteiger partial charge in [-0.15, -0.1) is 0 Å². The first kappa shape index (κ1) is 14.6. The number of phenols is 1. The Labute approximate surface area is 108 Å². The highest BCUT2D eigenvalue weighted by molar-refractivity contribution is 5.70. The van der Waals surface area contributed by atoms with Gasteiger partial charge in [0.15, 0.2) is 0 Å². The van der Waals surface area contributed by atoms with Gasteiger partial charge in [0.1, 0.15) is 5.75 Å². The maximum atomic E-state index is 11.2. The molecule has 1 aromatic rings. The van der Waals surface area contributed by atoms with Crippen LogP contribution < -0.4 is 0 Å². The van der Waals surface area contributed by atoms with Gasteiger partial charge >= 0.3 is 5.97 Å². The Bertz CT molecular complexity index is 399. The zero-order valence-electron chi connectivity index (χ0n) is 11.1. The van der Waals surface area contributed by atoms with Gasteiger partial charge in [-0.05, 0) is 43.0 Å². The van der Waals surface area contributed by atoms with Crippen LogP contribution in [0, 0.1) is 12.8 Å². The smallest absolute Gasteiger partial charge is 0.306 e. The lowest BCUT2D eigenvalue weighted by Gasteiger charge is -2.14. The number of aliphatic carboxylic acids is 1. The molecular formula is C15H22O3. The van der Waals surface area contributed by atoms with Gasteiger partial charge in [-0.2, -0.15) is 0 Å². The third-order valence-electron chi connectivity index (χ3n) is 3.30. The second-order valence-corrected chi connectivity index (χ2v) is 4.85. The van der Waals surface area contributed by atoms with E-state index in [2.05, 4.69) is 6.92 Å². The monoisotopic (exact) mass is 250 g/mol. The predicted molar refractivity (Wildman–Crippen MR) is 71.8 cm³/mol. The van der Waals surface area contributed by atoms with Gasteiger partial charge in [-0.1, -0.05) is 32.3 Å². The number of rotatable bonds is 7. The second-order valence-electron chi connectivity index (χ2n) is 4.85. The molecule has 1 atom stereocenters. The summed E-state index contributed by atoms with van der Waals surface area (Å²) in [6, 6.07) is 5.12. The topological polar surface area (TPSA) is 57.5 Å². The fraction of sp³-hybridized carbons (Fsp3) is 0.533. The summed E-state index contributed by atoms with van der Waals surface area (Å²) in [5.74, 6) is -0.813. The molecule has 18 heavy (non-hydrogen) atoms. The molecule has 2 N–H and O–H groups in total. The van der Waals surface area contributed by atoms with Crippen molar-refractivity contribution in [3.8, 4) is 5.75 Å². The molecular weight excluding hydrogens is 228 g/mol. The predicted octanol–water partition coefficient (Wildman–Crippen LogP) is 3.52. The molecule has 0 amide bonds. The van der Waals surface area contributed by atoms with Crippen molar-refractivity contribution in [1.82, 2.24) is 0 Å². The number of carboxylic acid groups (broad SMARTS) is 1. The van der Waals surface area contributed by atoms with Gasteiger partial charge in [0.2, 0.25) is 0 Å². The minimum atomic E-state index is -0.724. The normalized spacial score (nSPS) is 12.3. The van der Waals surface area contributed by atoms with Crippen LogP contribution in [0.1, 0.15) is 43.7 Å². The van der Waals surface area contributed by atoms with Crippen molar-refractivity contribution in [3.05, 3.63) is 29.3 Å². The lowest BCUT2D eigenvalue weighted by Crippen LogP contribution is -2.17. The number of benzene rings is 1. The molecule has 100 valence electrons. The van der Waals surface area contributed by atoms with Gasteiger partial charge in [0, 0.05) is 0 Å². The molecule has 0 heterocycles. The van der Waals surface area contributed by atoms with Crippen molar-refractivity contribution in [2.75, 3.05) is 0 Å². The zero-order chi connectivity index (χ0) is 13.5. The maximum absolute atomic E-state index is 11.2. The number of hydrogen-bond acceptors (Lipinski definition) is 2. The highest BCUT2D eigenvalue weighted by Crippen LogP contribution is 2.21. The van der Waals surface area contributed by atoms with Gasteiger partial charge in [-0.25, -0.2) is 0 Å². The van der Waals surface area contributed by atoms with Crippen LogP contribution in [-0.4, -0.2) is 16.2 Å². The van der Waals surface area contributed by atoms with E-state index in [0.717, 1.165) is 36.8 Å². The Morgan fingerprint density at radius 3 is 2.61 bits per heavy atom. The molecule has 0 bridgehead atoms. The van der Waals surface area contributed by atoms with E-state index in [0.29, 0.717) is 6.42 Å². The summed E-state index contributed by atoms with van der Waals surface area (Å²) in [5.41, 5.74) is 1.97. The molecule has 0 aromatic heterocycles. The molecule has 3 nitrogen and oxygen atoms in total. The Kier molecular flexibility index (Phi) is 5.69. The van der Waals surface area contributed by atoms with E-state index in [9.17, 15) is 15.0 Å². The maximum Gasteiger partial charge on any atom is 0.306 e. The minimum Gasteiger partial charge on any atom is -0.508 e. The van der Waals surface area contributed by atoms with E-state index < -0.39 is 5.97 Å². The Hall–Kier alpha value is -1.51. The molecule has 0 saturated carbocycles. The average molecular weight is 250 g/mol. The summed E-state index contributed by atoms with van der Waals surface area (Å²) in [6.45, 7) is 4.01. The average Bonchev–Trinajstić information content (AvgIpc) is 2.30. The van der Waals surface area contributed by atoms with Gasteiger partial charge < -0.3 is 10.2 Å². The third-order valence-corrected chi connectivity index (χ3v) is 3.30.